The van der Waals surface area contributed by atoms with Crippen LogP contribution in [0.4, 0.5) is 0 Å². The predicted octanol–water partition coefficient (Wildman–Crippen LogP) is -1.73. The summed E-state index contributed by atoms with van der Waals surface area (Å²) >= 11 is 0. The van der Waals surface area contributed by atoms with Crippen LogP contribution in [0.15, 0.2) is 42.7 Å². The fourth-order valence-electron chi connectivity index (χ4n) is 4.99. The van der Waals surface area contributed by atoms with Crippen molar-refractivity contribution in [1.82, 2.24) is 0 Å². The number of benzene rings is 1. The first-order chi connectivity index (χ1) is 15.9. The van der Waals surface area contributed by atoms with Crippen LogP contribution in [0.5, 0.6) is 0 Å². The maximum Gasteiger partial charge on any atom is 0.338 e. The van der Waals surface area contributed by atoms with E-state index in [1.54, 1.807) is 36.4 Å². The molecule has 3 heterocycles. The Morgan fingerprint density at radius 2 is 1.76 bits per heavy atom. The smallest absolute Gasteiger partial charge is 0.338 e. The topological polar surface area (TPSA) is 168 Å². The van der Waals surface area contributed by atoms with Crippen LogP contribution in [0.2, 0.25) is 0 Å². The van der Waals surface area contributed by atoms with Gasteiger partial charge in [-0.2, -0.15) is 0 Å². The van der Waals surface area contributed by atoms with E-state index in [0.29, 0.717) is 5.56 Å². The van der Waals surface area contributed by atoms with E-state index in [2.05, 4.69) is 0 Å². The minimum atomic E-state index is -1.62. The van der Waals surface area contributed by atoms with Gasteiger partial charge in [-0.3, -0.25) is 0 Å². The molecule has 0 radical (unpaired) electrons. The highest BCUT2D eigenvalue weighted by Gasteiger charge is 2.76. The molecule has 4 aliphatic rings. The molecule has 1 aromatic carbocycles. The third kappa shape index (κ3) is 3.74. The van der Waals surface area contributed by atoms with Crippen LogP contribution < -0.4 is 0 Å². The number of hydrogen-bond donors (Lipinski definition) is 5. The number of hydrogen-bond acceptors (Lipinski definition) is 11. The quantitative estimate of drug-likeness (QED) is 0.239. The van der Waals surface area contributed by atoms with Crippen LogP contribution in [0.1, 0.15) is 10.4 Å². The molecule has 0 bridgehead atoms. The molecule has 0 unspecified atom stereocenters. The summed E-state index contributed by atoms with van der Waals surface area (Å²) in [5.41, 5.74) is -0.701. The molecule has 11 heteroatoms. The van der Waals surface area contributed by atoms with E-state index < -0.39 is 79.2 Å². The van der Waals surface area contributed by atoms with Crippen LogP contribution in [-0.4, -0.2) is 99.5 Å². The zero-order valence-corrected chi connectivity index (χ0v) is 17.4. The lowest BCUT2D eigenvalue weighted by atomic mass is 9.85. The summed E-state index contributed by atoms with van der Waals surface area (Å²) in [6.45, 7) is -0.763. The molecule has 5 rings (SSSR count). The van der Waals surface area contributed by atoms with Gasteiger partial charge >= 0.3 is 5.97 Å². The highest BCUT2D eigenvalue weighted by atomic mass is 16.8. The van der Waals surface area contributed by atoms with Crippen molar-refractivity contribution >= 4 is 5.97 Å². The maximum absolute atomic E-state index is 12.4. The Balaban J connectivity index is 1.32. The summed E-state index contributed by atoms with van der Waals surface area (Å²) in [6.07, 6.45) is -6.93. The van der Waals surface area contributed by atoms with Crippen molar-refractivity contribution in [1.29, 1.82) is 0 Å². The van der Waals surface area contributed by atoms with Gasteiger partial charge < -0.3 is 49.2 Å². The Hall–Kier alpha value is -2.09. The molecule has 0 aromatic heterocycles. The fourth-order valence-corrected chi connectivity index (χ4v) is 4.99. The molecule has 2 saturated heterocycles. The SMILES string of the molecule is O=C(OC[C@@]12O[C@@H]1[C@@H](O)[C@@H]1C=CO[C@@H](O[C@@H]3O[C@H](CO)[C@@H](O)[C@H](O)[C@H]3O)[C@@H]12)c1ccccc1. The van der Waals surface area contributed by atoms with Crippen molar-refractivity contribution in [3.05, 3.63) is 48.2 Å². The van der Waals surface area contributed by atoms with E-state index in [4.69, 9.17) is 23.7 Å². The van der Waals surface area contributed by atoms with Crippen molar-refractivity contribution in [3.63, 3.8) is 0 Å². The summed E-state index contributed by atoms with van der Waals surface area (Å²) < 4.78 is 28.1. The van der Waals surface area contributed by atoms with Gasteiger partial charge in [0.25, 0.3) is 0 Å². The summed E-state index contributed by atoms with van der Waals surface area (Å²) in [6, 6.07) is 8.44. The van der Waals surface area contributed by atoms with Gasteiger partial charge in [-0.25, -0.2) is 4.79 Å². The molecule has 3 aliphatic heterocycles. The third-order valence-corrected chi connectivity index (χ3v) is 6.82. The molecule has 0 amide bonds. The Morgan fingerprint density at radius 3 is 2.48 bits per heavy atom. The molecule has 1 aliphatic carbocycles. The molecule has 11 atom stereocenters. The standard InChI is InChI=1S/C22H26O11/c23-8-12-15(25)16(26)17(27)21(31-12)32-20-13-11(6-7-29-20)14(24)18-22(13,33-18)9-30-19(28)10-4-2-1-3-5-10/h1-7,11-18,20-21,23-27H,8-9H2/t11-,12-,13-,14+,15-,16+,17-,18-,20+,21+,22+/m1/s1. The van der Waals surface area contributed by atoms with Crippen LogP contribution in [0.3, 0.4) is 0 Å². The average Bonchev–Trinajstić information content (AvgIpc) is 3.52. The zero-order chi connectivity index (χ0) is 23.3. The normalized spacial score (nSPS) is 45.6. The maximum atomic E-state index is 12.4. The molecule has 11 nitrogen and oxygen atoms in total. The first-order valence-corrected chi connectivity index (χ1v) is 10.7. The number of carbonyl (C=O) groups excluding carboxylic acids is 1. The van der Waals surface area contributed by atoms with Crippen molar-refractivity contribution < 1.29 is 54.0 Å². The van der Waals surface area contributed by atoms with Gasteiger partial charge in [0.15, 0.2) is 6.29 Å². The largest absolute Gasteiger partial charge is 0.472 e. The average molecular weight is 466 g/mol. The second kappa shape index (κ2) is 8.60. The van der Waals surface area contributed by atoms with Gasteiger partial charge in [0.05, 0.1) is 30.5 Å². The van der Waals surface area contributed by atoms with Gasteiger partial charge in [0.2, 0.25) is 6.29 Å². The number of aliphatic hydroxyl groups excluding tert-OH is 5. The van der Waals surface area contributed by atoms with Crippen molar-refractivity contribution in [2.24, 2.45) is 11.8 Å². The molecular weight excluding hydrogens is 440 g/mol. The van der Waals surface area contributed by atoms with Crippen molar-refractivity contribution in [2.75, 3.05) is 13.2 Å². The summed E-state index contributed by atoms with van der Waals surface area (Å²) in [5, 5.41) is 50.4. The number of rotatable bonds is 6. The Bertz CT molecular complexity index is 892. The zero-order valence-electron chi connectivity index (χ0n) is 17.4. The van der Waals surface area contributed by atoms with E-state index in [1.807, 2.05) is 0 Å². The predicted molar refractivity (Wildman–Crippen MR) is 106 cm³/mol. The minimum absolute atomic E-state index is 0.157. The third-order valence-electron chi connectivity index (χ3n) is 6.82. The summed E-state index contributed by atoms with van der Waals surface area (Å²) in [4.78, 5) is 12.4. The molecule has 180 valence electrons. The minimum Gasteiger partial charge on any atom is -0.472 e. The van der Waals surface area contributed by atoms with E-state index >= 15 is 0 Å². The lowest BCUT2D eigenvalue weighted by Gasteiger charge is -2.43. The highest BCUT2D eigenvalue weighted by Crippen LogP contribution is 2.60. The van der Waals surface area contributed by atoms with Crippen molar-refractivity contribution in [3.8, 4) is 0 Å². The van der Waals surface area contributed by atoms with E-state index in [9.17, 15) is 30.3 Å². The number of fused-ring (bicyclic) bond motifs is 3. The summed E-state index contributed by atoms with van der Waals surface area (Å²) in [5.74, 6) is -1.61. The first kappa shape index (κ1) is 22.7. The van der Waals surface area contributed by atoms with Crippen LogP contribution >= 0.6 is 0 Å². The Morgan fingerprint density at radius 1 is 1.00 bits per heavy atom. The number of aliphatic hydroxyl groups is 5. The molecule has 0 spiro atoms. The number of carbonyl (C=O) groups is 1. The number of epoxide rings is 1. The molecule has 1 saturated carbocycles. The molecular formula is C22H26O11. The van der Waals surface area contributed by atoms with E-state index in [0.717, 1.165) is 0 Å². The number of ether oxygens (including phenoxy) is 5. The molecule has 5 N–H and O–H groups in total. The summed E-state index contributed by atoms with van der Waals surface area (Å²) in [7, 11) is 0. The van der Waals surface area contributed by atoms with E-state index in [-0.39, 0.29) is 6.61 Å². The Labute approximate surface area is 188 Å². The monoisotopic (exact) mass is 466 g/mol. The molecule has 3 fully saturated rings. The van der Waals surface area contributed by atoms with Gasteiger partial charge in [-0.1, -0.05) is 18.2 Å². The van der Waals surface area contributed by atoms with Gasteiger partial charge in [0.1, 0.15) is 42.7 Å². The molecule has 1 aromatic rings. The van der Waals surface area contributed by atoms with Crippen LogP contribution in [-0.2, 0) is 23.7 Å². The van der Waals surface area contributed by atoms with Gasteiger partial charge in [-0.05, 0) is 18.2 Å². The van der Waals surface area contributed by atoms with Crippen molar-refractivity contribution in [2.45, 2.75) is 54.8 Å². The lowest BCUT2D eigenvalue weighted by molar-refractivity contribution is -0.344. The van der Waals surface area contributed by atoms with Crippen LogP contribution in [0, 0.1) is 11.8 Å². The van der Waals surface area contributed by atoms with Crippen LogP contribution in [0.25, 0.3) is 0 Å². The lowest BCUT2D eigenvalue weighted by Crippen LogP contribution is -2.60. The highest BCUT2D eigenvalue weighted by molar-refractivity contribution is 5.89. The molecule has 33 heavy (non-hydrogen) atoms. The van der Waals surface area contributed by atoms with Gasteiger partial charge in [0, 0.05) is 5.92 Å². The number of esters is 1. The second-order valence-electron chi connectivity index (χ2n) is 8.70. The Kier molecular flexibility index (Phi) is 5.91. The first-order valence-electron chi connectivity index (χ1n) is 10.7. The van der Waals surface area contributed by atoms with E-state index in [1.165, 1.54) is 6.26 Å². The fraction of sp³-hybridized carbons (Fsp3) is 0.591. The van der Waals surface area contributed by atoms with Gasteiger partial charge in [-0.15, -0.1) is 0 Å². The second-order valence-corrected chi connectivity index (χ2v) is 8.70.